The average Bonchev–Trinajstić information content (AvgIpc) is 3.09. The SMILES string of the molecule is COC(=O)C(Cn1ncc(Cl)c1C)NC1CC1. The smallest absolute Gasteiger partial charge is 0.324 e. The Kier molecular flexibility index (Phi) is 3.69. The molecule has 1 heterocycles. The molecule has 17 heavy (non-hydrogen) atoms. The third-order valence-electron chi connectivity index (χ3n) is 2.90. The fourth-order valence-electron chi connectivity index (χ4n) is 1.65. The number of carbonyl (C=O) groups excluding carboxylic acids is 1. The van der Waals surface area contributed by atoms with E-state index in [4.69, 9.17) is 16.3 Å². The summed E-state index contributed by atoms with van der Waals surface area (Å²) in [5, 5.41) is 8.00. The topological polar surface area (TPSA) is 56.2 Å². The summed E-state index contributed by atoms with van der Waals surface area (Å²) in [6, 6.07) is 0.0765. The molecule has 0 spiro atoms. The Morgan fingerprint density at radius 3 is 2.94 bits per heavy atom. The zero-order valence-electron chi connectivity index (χ0n) is 9.94. The molecule has 94 valence electrons. The number of nitrogens with one attached hydrogen (secondary N) is 1. The van der Waals surface area contributed by atoms with Crippen molar-refractivity contribution in [1.29, 1.82) is 0 Å². The molecule has 5 nitrogen and oxygen atoms in total. The van der Waals surface area contributed by atoms with Gasteiger partial charge in [0.05, 0.1) is 30.6 Å². The van der Waals surface area contributed by atoms with Gasteiger partial charge in [-0.3, -0.25) is 9.48 Å². The van der Waals surface area contributed by atoms with Gasteiger partial charge in [-0.1, -0.05) is 11.6 Å². The summed E-state index contributed by atoms with van der Waals surface area (Å²) < 4.78 is 6.51. The lowest BCUT2D eigenvalue weighted by Crippen LogP contribution is -2.42. The first-order valence-corrected chi connectivity index (χ1v) is 6.01. The average molecular weight is 258 g/mol. The molecule has 0 aliphatic heterocycles. The first-order valence-electron chi connectivity index (χ1n) is 5.63. The van der Waals surface area contributed by atoms with Crippen molar-refractivity contribution < 1.29 is 9.53 Å². The van der Waals surface area contributed by atoms with Gasteiger partial charge in [-0.2, -0.15) is 5.10 Å². The Labute approximate surface area is 105 Å². The maximum Gasteiger partial charge on any atom is 0.324 e. The number of carbonyl (C=O) groups is 1. The molecule has 0 radical (unpaired) electrons. The van der Waals surface area contributed by atoms with Crippen molar-refractivity contribution in [2.45, 2.75) is 38.4 Å². The maximum atomic E-state index is 11.6. The number of methoxy groups -OCH3 is 1. The summed E-state index contributed by atoms with van der Waals surface area (Å²) >= 11 is 5.92. The van der Waals surface area contributed by atoms with Crippen LogP contribution in [0.15, 0.2) is 6.20 Å². The van der Waals surface area contributed by atoms with Gasteiger partial charge < -0.3 is 10.1 Å². The summed E-state index contributed by atoms with van der Waals surface area (Å²) in [5.74, 6) is -0.261. The van der Waals surface area contributed by atoms with Crippen LogP contribution >= 0.6 is 11.6 Å². The lowest BCUT2D eigenvalue weighted by Gasteiger charge is -2.16. The van der Waals surface area contributed by atoms with Gasteiger partial charge in [-0.25, -0.2) is 0 Å². The van der Waals surface area contributed by atoms with E-state index < -0.39 is 0 Å². The highest BCUT2D eigenvalue weighted by Crippen LogP contribution is 2.20. The normalized spacial score (nSPS) is 16.9. The summed E-state index contributed by atoms with van der Waals surface area (Å²) in [6.07, 6.45) is 3.82. The summed E-state index contributed by atoms with van der Waals surface area (Å²) in [7, 11) is 1.40. The van der Waals surface area contributed by atoms with Gasteiger partial charge in [0.2, 0.25) is 0 Å². The molecular weight excluding hydrogens is 242 g/mol. The highest BCUT2D eigenvalue weighted by atomic mass is 35.5. The van der Waals surface area contributed by atoms with Crippen molar-refractivity contribution in [1.82, 2.24) is 15.1 Å². The Bertz CT molecular complexity index is 415. The molecule has 0 amide bonds. The van der Waals surface area contributed by atoms with Crippen LogP contribution in [0.1, 0.15) is 18.5 Å². The molecular formula is C11H16ClN3O2. The number of hydrogen-bond donors (Lipinski definition) is 1. The molecule has 1 aromatic heterocycles. The first kappa shape index (κ1) is 12.4. The third-order valence-corrected chi connectivity index (χ3v) is 3.27. The van der Waals surface area contributed by atoms with E-state index in [1.54, 1.807) is 10.9 Å². The van der Waals surface area contributed by atoms with Crippen molar-refractivity contribution in [3.63, 3.8) is 0 Å². The van der Waals surface area contributed by atoms with E-state index in [0.29, 0.717) is 17.6 Å². The second-order valence-electron chi connectivity index (χ2n) is 4.28. The standard InChI is InChI=1S/C11H16ClN3O2/c1-7-9(12)5-13-15(7)6-10(11(16)17-2)14-8-3-4-8/h5,8,10,14H,3-4,6H2,1-2H3. The van der Waals surface area contributed by atoms with Crippen LogP contribution in [-0.2, 0) is 16.1 Å². The van der Waals surface area contributed by atoms with Gasteiger partial charge >= 0.3 is 5.97 Å². The monoisotopic (exact) mass is 257 g/mol. The van der Waals surface area contributed by atoms with Gasteiger partial charge in [0.1, 0.15) is 6.04 Å². The van der Waals surface area contributed by atoms with Crippen LogP contribution in [0, 0.1) is 6.92 Å². The largest absolute Gasteiger partial charge is 0.468 e. The van der Waals surface area contributed by atoms with Gasteiger partial charge in [-0.15, -0.1) is 0 Å². The fourth-order valence-corrected chi connectivity index (χ4v) is 1.79. The van der Waals surface area contributed by atoms with Crippen LogP contribution in [0.5, 0.6) is 0 Å². The Balaban J connectivity index is 2.05. The van der Waals surface area contributed by atoms with E-state index in [2.05, 4.69) is 10.4 Å². The molecule has 0 aromatic carbocycles. The van der Waals surface area contributed by atoms with Crippen molar-refractivity contribution in [2.75, 3.05) is 7.11 Å². The summed E-state index contributed by atoms with van der Waals surface area (Å²) in [4.78, 5) is 11.6. The predicted molar refractivity (Wildman–Crippen MR) is 63.9 cm³/mol. The number of esters is 1. The van der Waals surface area contributed by atoms with Crippen LogP contribution in [0.25, 0.3) is 0 Å². The van der Waals surface area contributed by atoms with Crippen molar-refractivity contribution in [2.24, 2.45) is 0 Å². The van der Waals surface area contributed by atoms with E-state index in [1.165, 1.54) is 7.11 Å². The fraction of sp³-hybridized carbons (Fsp3) is 0.636. The van der Waals surface area contributed by atoms with Gasteiger partial charge in [0, 0.05) is 6.04 Å². The molecule has 1 aromatic rings. The summed E-state index contributed by atoms with van der Waals surface area (Å²) in [6.45, 7) is 2.32. The zero-order chi connectivity index (χ0) is 12.4. The Morgan fingerprint density at radius 2 is 2.47 bits per heavy atom. The molecule has 0 saturated heterocycles. The molecule has 1 aliphatic carbocycles. The van der Waals surface area contributed by atoms with Crippen LogP contribution in [0.3, 0.4) is 0 Å². The molecule has 1 atom stereocenters. The Hall–Kier alpha value is -1.07. The van der Waals surface area contributed by atoms with Crippen LogP contribution in [0.2, 0.25) is 5.02 Å². The molecule has 6 heteroatoms. The lowest BCUT2D eigenvalue weighted by atomic mass is 10.3. The van der Waals surface area contributed by atoms with E-state index >= 15 is 0 Å². The van der Waals surface area contributed by atoms with Gasteiger partial charge in [0.15, 0.2) is 0 Å². The van der Waals surface area contributed by atoms with E-state index in [0.717, 1.165) is 18.5 Å². The minimum absolute atomic E-state index is 0.261. The van der Waals surface area contributed by atoms with Gasteiger partial charge in [-0.05, 0) is 19.8 Å². The molecule has 1 unspecified atom stereocenters. The van der Waals surface area contributed by atoms with Crippen molar-refractivity contribution >= 4 is 17.6 Å². The third kappa shape index (κ3) is 2.98. The lowest BCUT2D eigenvalue weighted by molar-refractivity contribution is -0.143. The molecule has 1 saturated carbocycles. The molecule has 1 N–H and O–H groups in total. The van der Waals surface area contributed by atoms with Gasteiger partial charge in [0.25, 0.3) is 0 Å². The maximum absolute atomic E-state index is 11.6. The summed E-state index contributed by atoms with van der Waals surface area (Å²) in [5.41, 5.74) is 0.859. The number of ether oxygens (including phenoxy) is 1. The number of rotatable bonds is 5. The second kappa shape index (κ2) is 5.06. The molecule has 1 fully saturated rings. The predicted octanol–water partition coefficient (Wildman–Crippen LogP) is 1.14. The quantitative estimate of drug-likeness (QED) is 0.804. The number of aromatic nitrogens is 2. The Morgan fingerprint density at radius 1 is 1.76 bits per heavy atom. The number of halogens is 1. The van der Waals surface area contributed by atoms with E-state index in [-0.39, 0.29) is 12.0 Å². The first-order chi connectivity index (χ1) is 8.11. The van der Waals surface area contributed by atoms with Crippen molar-refractivity contribution in [3.8, 4) is 0 Å². The minimum Gasteiger partial charge on any atom is -0.468 e. The number of hydrogen-bond acceptors (Lipinski definition) is 4. The zero-order valence-corrected chi connectivity index (χ0v) is 10.7. The van der Waals surface area contributed by atoms with Crippen LogP contribution in [-0.4, -0.2) is 34.9 Å². The highest BCUT2D eigenvalue weighted by molar-refractivity contribution is 6.31. The molecule has 0 bridgehead atoms. The van der Waals surface area contributed by atoms with Crippen LogP contribution < -0.4 is 5.32 Å². The number of nitrogens with zero attached hydrogens (tertiary/aromatic N) is 2. The molecule has 1 aliphatic rings. The minimum atomic E-state index is -0.359. The molecule has 2 rings (SSSR count). The van der Waals surface area contributed by atoms with E-state index in [9.17, 15) is 4.79 Å². The highest BCUT2D eigenvalue weighted by Gasteiger charge is 2.29. The second-order valence-corrected chi connectivity index (χ2v) is 4.68. The van der Waals surface area contributed by atoms with E-state index in [1.807, 2.05) is 6.92 Å². The van der Waals surface area contributed by atoms with Crippen molar-refractivity contribution in [3.05, 3.63) is 16.9 Å². The van der Waals surface area contributed by atoms with Crippen LogP contribution in [0.4, 0.5) is 0 Å².